The predicted octanol–water partition coefficient (Wildman–Crippen LogP) is 2.74. The molecule has 0 atom stereocenters. The minimum absolute atomic E-state index is 0.401. The minimum Gasteiger partial charge on any atom is -0.497 e. The summed E-state index contributed by atoms with van der Waals surface area (Å²) in [5.41, 5.74) is 0.915. The number of hydrogen-bond donors (Lipinski definition) is 0. The summed E-state index contributed by atoms with van der Waals surface area (Å²) in [7, 11) is 1.61. The molecule has 0 spiro atoms. The smallest absolute Gasteiger partial charge is 0.422 e. The van der Waals surface area contributed by atoms with Gasteiger partial charge in [0, 0.05) is 6.54 Å². The molecule has 0 saturated heterocycles. The van der Waals surface area contributed by atoms with Crippen LogP contribution < -0.4 is 20.9 Å². The van der Waals surface area contributed by atoms with E-state index in [1.54, 1.807) is 19.2 Å². The first-order valence-corrected chi connectivity index (χ1v) is 7.99. The lowest BCUT2D eigenvalue weighted by Gasteiger charge is -2.10. The lowest BCUT2D eigenvalue weighted by molar-refractivity contribution is 0.296. The van der Waals surface area contributed by atoms with Crippen molar-refractivity contribution in [1.82, 2.24) is 4.57 Å². The highest BCUT2D eigenvalue weighted by atomic mass is 16.5. The van der Waals surface area contributed by atoms with Crippen LogP contribution in [0.5, 0.6) is 11.5 Å². The van der Waals surface area contributed by atoms with Gasteiger partial charge in [-0.3, -0.25) is 4.57 Å². The first-order chi connectivity index (χ1) is 12.1. The Morgan fingerprint density at radius 3 is 2.48 bits per heavy atom. The maximum Gasteiger partial charge on any atom is 0.422 e. The average molecular weight is 341 g/mol. The van der Waals surface area contributed by atoms with Gasteiger partial charge in [-0.1, -0.05) is 11.6 Å². The van der Waals surface area contributed by atoms with E-state index in [2.05, 4.69) is 0 Å². The van der Waals surface area contributed by atoms with Gasteiger partial charge in [-0.25, -0.2) is 9.59 Å². The molecule has 0 saturated carbocycles. The Labute approximate surface area is 144 Å². The fourth-order valence-corrected chi connectivity index (χ4v) is 2.63. The maximum atomic E-state index is 12.0. The molecule has 0 aliphatic heterocycles. The largest absolute Gasteiger partial charge is 0.497 e. The molecule has 0 aliphatic carbocycles. The van der Waals surface area contributed by atoms with Crippen molar-refractivity contribution >= 4 is 10.9 Å². The van der Waals surface area contributed by atoms with Gasteiger partial charge in [0.25, 0.3) is 0 Å². The third-order valence-electron chi connectivity index (χ3n) is 3.92. The van der Waals surface area contributed by atoms with E-state index in [-0.39, 0.29) is 0 Å². The summed E-state index contributed by atoms with van der Waals surface area (Å²) in [5, 5.41) is 0.413. The molecule has 3 rings (SSSR count). The van der Waals surface area contributed by atoms with Crippen LogP contribution in [0.15, 0.2) is 56.5 Å². The molecule has 1 aromatic heterocycles. The van der Waals surface area contributed by atoms with Crippen LogP contribution in [-0.2, 0) is 6.54 Å². The number of rotatable bonds is 6. The third-order valence-corrected chi connectivity index (χ3v) is 3.92. The Morgan fingerprint density at radius 1 is 1.04 bits per heavy atom. The fourth-order valence-electron chi connectivity index (χ4n) is 2.63. The van der Waals surface area contributed by atoms with Crippen LogP contribution in [0.1, 0.15) is 12.0 Å². The van der Waals surface area contributed by atoms with Crippen molar-refractivity contribution in [3.05, 3.63) is 69.0 Å². The highest BCUT2D eigenvalue weighted by Crippen LogP contribution is 2.17. The first-order valence-electron chi connectivity index (χ1n) is 7.99. The molecule has 0 unspecified atom stereocenters. The molecule has 130 valence electrons. The van der Waals surface area contributed by atoms with Crippen LogP contribution in [0.2, 0.25) is 0 Å². The molecule has 25 heavy (non-hydrogen) atoms. The molecule has 6 nitrogen and oxygen atoms in total. The van der Waals surface area contributed by atoms with Crippen LogP contribution in [0.3, 0.4) is 0 Å². The number of aryl methyl sites for hydroxylation is 2. The zero-order valence-electron chi connectivity index (χ0n) is 14.2. The van der Waals surface area contributed by atoms with Crippen molar-refractivity contribution in [2.45, 2.75) is 19.9 Å². The summed E-state index contributed by atoms with van der Waals surface area (Å²) in [5.74, 6) is 0.846. The first kappa shape index (κ1) is 16.8. The van der Waals surface area contributed by atoms with Crippen LogP contribution in [0, 0.1) is 6.92 Å². The molecule has 6 heteroatoms. The molecule has 3 aromatic rings. The Morgan fingerprint density at radius 2 is 1.76 bits per heavy atom. The second-order valence-corrected chi connectivity index (χ2v) is 5.71. The van der Waals surface area contributed by atoms with E-state index in [1.807, 2.05) is 37.3 Å². The summed E-state index contributed by atoms with van der Waals surface area (Å²) >= 11 is 0. The maximum absolute atomic E-state index is 12.0. The Kier molecular flexibility index (Phi) is 4.88. The van der Waals surface area contributed by atoms with Crippen molar-refractivity contribution in [3.8, 4) is 11.5 Å². The van der Waals surface area contributed by atoms with Crippen LogP contribution in [0.4, 0.5) is 0 Å². The van der Waals surface area contributed by atoms with Gasteiger partial charge in [-0.05, 0) is 49.7 Å². The highest BCUT2D eigenvalue weighted by molar-refractivity contribution is 5.78. The summed E-state index contributed by atoms with van der Waals surface area (Å²) in [4.78, 5) is 23.9. The summed E-state index contributed by atoms with van der Waals surface area (Å²) < 4.78 is 17.0. The van der Waals surface area contributed by atoms with Gasteiger partial charge < -0.3 is 13.9 Å². The molecular weight excluding hydrogens is 322 g/mol. The Balaban J connectivity index is 1.70. The van der Waals surface area contributed by atoms with Crippen molar-refractivity contribution in [1.29, 1.82) is 0 Å². The third kappa shape index (κ3) is 3.74. The zero-order chi connectivity index (χ0) is 17.8. The lowest BCUT2D eigenvalue weighted by Crippen LogP contribution is -2.25. The molecule has 0 amide bonds. The predicted molar refractivity (Wildman–Crippen MR) is 94.6 cm³/mol. The highest BCUT2D eigenvalue weighted by Gasteiger charge is 2.09. The van der Waals surface area contributed by atoms with Crippen molar-refractivity contribution in [2.24, 2.45) is 0 Å². The SMILES string of the molecule is COc1ccc(OCCCn2c(=O)oc(=O)c3cc(C)ccc32)cc1. The average Bonchev–Trinajstić information content (AvgIpc) is 2.61. The number of fused-ring (bicyclic) bond motifs is 1. The molecule has 1 heterocycles. The van der Waals surface area contributed by atoms with E-state index in [1.165, 1.54) is 4.57 Å². The van der Waals surface area contributed by atoms with E-state index in [9.17, 15) is 9.59 Å². The van der Waals surface area contributed by atoms with Gasteiger partial charge in [0.1, 0.15) is 11.5 Å². The molecule has 0 N–H and O–H groups in total. The van der Waals surface area contributed by atoms with Gasteiger partial charge in [0.05, 0.1) is 24.6 Å². The van der Waals surface area contributed by atoms with E-state index in [0.29, 0.717) is 30.5 Å². The lowest BCUT2D eigenvalue weighted by atomic mass is 10.2. The van der Waals surface area contributed by atoms with Gasteiger partial charge in [0.2, 0.25) is 0 Å². The van der Waals surface area contributed by atoms with E-state index in [0.717, 1.165) is 17.1 Å². The van der Waals surface area contributed by atoms with Crippen molar-refractivity contribution in [3.63, 3.8) is 0 Å². The minimum atomic E-state index is -0.647. The van der Waals surface area contributed by atoms with E-state index < -0.39 is 11.4 Å². The second kappa shape index (κ2) is 7.25. The fraction of sp³-hybridized carbons (Fsp3) is 0.263. The summed E-state index contributed by atoms with van der Waals surface area (Å²) in [6.45, 7) is 2.72. The number of nitrogens with zero attached hydrogens (tertiary/aromatic N) is 1. The normalized spacial score (nSPS) is 10.8. The Hall–Kier alpha value is -3.02. The van der Waals surface area contributed by atoms with Crippen molar-refractivity contribution in [2.75, 3.05) is 13.7 Å². The number of aromatic nitrogens is 1. The van der Waals surface area contributed by atoms with Crippen LogP contribution in [-0.4, -0.2) is 18.3 Å². The van der Waals surface area contributed by atoms with Gasteiger partial charge in [-0.2, -0.15) is 0 Å². The summed E-state index contributed by atoms with van der Waals surface area (Å²) in [6.07, 6.45) is 0.600. The van der Waals surface area contributed by atoms with Crippen molar-refractivity contribution < 1.29 is 13.9 Å². The standard InChI is InChI=1S/C19H19NO5/c1-13-4-9-17-16(12-13)18(21)25-19(22)20(17)10-3-11-24-15-7-5-14(23-2)6-8-15/h4-9,12H,3,10-11H2,1-2H3. The Bertz CT molecular complexity index is 985. The quantitative estimate of drug-likeness (QED) is 0.645. The number of ether oxygens (including phenoxy) is 2. The number of benzene rings is 2. The number of methoxy groups -OCH3 is 1. The van der Waals surface area contributed by atoms with E-state index in [4.69, 9.17) is 13.9 Å². The molecule has 0 bridgehead atoms. The van der Waals surface area contributed by atoms with Gasteiger partial charge >= 0.3 is 11.4 Å². The van der Waals surface area contributed by atoms with E-state index >= 15 is 0 Å². The van der Waals surface area contributed by atoms with Crippen LogP contribution >= 0.6 is 0 Å². The topological polar surface area (TPSA) is 70.7 Å². The van der Waals surface area contributed by atoms with Gasteiger partial charge in [-0.15, -0.1) is 0 Å². The zero-order valence-corrected chi connectivity index (χ0v) is 14.2. The summed E-state index contributed by atoms with van der Waals surface area (Å²) in [6, 6.07) is 12.7. The molecule has 0 aliphatic rings. The van der Waals surface area contributed by atoms with Crippen LogP contribution in [0.25, 0.3) is 10.9 Å². The molecule has 2 aromatic carbocycles. The monoisotopic (exact) mass is 341 g/mol. The molecule has 0 radical (unpaired) electrons. The second-order valence-electron chi connectivity index (χ2n) is 5.71. The molecule has 0 fully saturated rings. The number of hydrogen-bond acceptors (Lipinski definition) is 5. The van der Waals surface area contributed by atoms with Gasteiger partial charge in [0.15, 0.2) is 0 Å². The molecular formula is C19H19NO5.